The topological polar surface area (TPSA) is 92.1 Å². The molecule has 0 bridgehead atoms. The average Bonchev–Trinajstić information content (AvgIpc) is 3.23. The summed E-state index contributed by atoms with van der Waals surface area (Å²) in [5.74, 6) is 0.921. The van der Waals surface area contributed by atoms with E-state index < -0.39 is 6.04 Å². The Morgan fingerprint density at radius 3 is 2.42 bits per heavy atom. The molecule has 4 aromatic rings. The van der Waals surface area contributed by atoms with Gasteiger partial charge >= 0.3 is 0 Å². The van der Waals surface area contributed by atoms with Gasteiger partial charge in [0.2, 0.25) is 5.95 Å². The monoisotopic (exact) mass is 457 g/mol. The number of hydrogen-bond donors (Lipinski definition) is 3. The van der Waals surface area contributed by atoms with Crippen LogP contribution in [0.2, 0.25) is 5.02 Å². The number of rotatable bonds is 4. The molecule has 1 aliphatic rings. The first-order chi connectivity index (χ1) is 16.0. The molecule has 0 radical (unpaired) electrons. The lowest BCUT2D eigenvalue weighted by Gasteiger charge is -2.28. The quantitative estimate of drug-likeness (QED) is 0.390. The lowest BCUT2D eigenvalue weighted by atomic mass is 9.95. The van der Waals surface area contributed by atoms with Gasteiger partial charge in [-0.15, -0.1) is 5.10 Å². The third-order valence-corrected chi connectivity index (χ3v) is 5.69. The van der Waals surface area contributed by atoms with Crippen LogP contribution in [0.3, 0.4) is 0 Å². The van der Waals surface area contributed by atoms with Crippen molar-refractivity contribution in [3.8, 4) is 17.1 Å². The van der Waals surface area contributed by atoms with Crippen molar-refractivity contribution in [1.29, 1.82) is 0 Å². The summed E-state index contributed by atoms with van der Waals surface area (Å²) < 4.78 is 1.70. The van der Waals surface area contributed by atoms with Gasteiger partial charge in [-0.25, -0.2) is 4.68 Å². The molecule has 0 spiro atoms. The number of phenolic OH excluding ortho intramolecular Hbond substituents is 1. The molecule has 3 aromatic carbocycles. The summed E-state index contributed by atoms with van der Waals surface area (Å²) in [5, 5.41) is 21.3. The van der Waals surface area contributed by atoms with Crippen LogP contribution in [0.4, 0.5) is 11.6 Å². The maximum atomic E-state index is 13.4. The van der Waals surface area contributed by atoms with Gasteiger partial charge in [-0.3, -0.25) is 4.79 Å². The second kappa shape index (κ2) is 8.44. The summed E-state index contributed by atoms with van der Waals surface area (Å²) in [6.07, 6.45) is 0. The molecule has 0 aliphatic carbocycles. The van der Waals surface area contributed by atoms with Crippen molar-refractivity contribution in [1.82, 2.24) is 14.8 Å². The third kappa shape index (κ3) is 4.06. The average molecular weight is 458 g/mol. The first-order valence-electron chi connectivity index (χ1n) is 10.4. The highest BCUT2D eigenvalue weighted by molar-refractivity contribution is 6.30. The van der Waals surface area contributed by atoms with Gasteiger partial charge in [0.1, 0.15) is 11.8 Å². The Labute approximate surface area is 195 Å². The number of hydrogen-bond acceptors (Lipinski definition) is 5. The van der Waals surface area contributed by atoms with E-state index in [9.17, 15) is 9.90 Å². The van der Waals surface area contributed by atoms with Crippen molar-refractivity contribution in [2.24, 2.45) is 0 Å². The van der Waals surface area contributed by atoms with Crippen molar-refractivity contribution in [2.45, 2.75) is 13.0 Å². The molecule has 7 nitrogen and oxygen atoms in total. The number of carbonyl (C=O) groups excluding carboxylic acids is 1. The first kappa shape index (κ1) is 20.8. The van der Waals surface area contributed by atoms with Gasteiger partial charge in [-0.1, -0.05) is 41.9 Å². The highest BCUT2D eigenvalue weighted by atomic mass is 35.5. The number of nitrogens with zero attached hydrogens (tertiary/aromatic N) is 3. The molecule has 1 atom stereocenters. The van der Waals surface area contributed by atoms with Gasteiger partial charge in [0.25, 0.3) is 5.91 Å². The zero-order valence-electron chi connectivity index (χ0n) is 17.7. The normalized spacial score (nSPS) is 15.0. The summed E-state index contributed by atoms with van der Waals surface area (Å²) in [6.45, 7) is 1.84. The van der Waals surface area contributed by atoms with Gasteiger partial charge < -0.3 is 15.7 Å². The van der Waals surface area contributed by atoms with Gasteiger partial charge in [-0.05, 0) is 61.0 Å². The van der Waals surface area contributed by atoms with Gasteiger partial charge in [-0.2, -0.15) is 4.98 Å². The predicted molar refractivity (Wildman–Crippen MR) is 128 cm³/mol. The van der Waals surface area contributed by atoms with E-state index in [0.29, 0.717) is 33.8 Å². The standard InChI is InChI=1S/C25H20ClN5O2/c1-15-21(24(33)28-19-5-3-2-4-6-19)22(16-9-13-20(32)14-10-16)31-25(27-15)29-23(30-31)17-7-11-18(26)12-8-17/h2-14,22,32H,1H3,(H,28,33)(H,27,29,30). The minimum Gasteiger partial charge on any atom is -0.508 e. The van der Waals surface area contributed by atoms with Crippen molar-refractivity contribution < 1.29 is 9.90 Å². The Balaban J connectivity index is 1.60. The smallest absolute Gasteiger partial charge is 0.255 e. The molecular weight excluding hydrogens is 438 g/mol. The van der Waals surface area contributed by atoms with Crippen LogP contribution in [-0.4, -0.2) is 25.8 Å². The van der Waals surface area contributed by atoms with E-state index >= 15 is 0 Å². The van der Waals surface area contributed by atoms with Crippen molar-refractivity contribution in [2.75, 3.05) is 10.6 Å². The first-order valence-corrected chi connectivity index (χ1v) is 10.7. The van der Waals surface area contributed by atoms with Crippen LogP contribution in [0.1, 0.15) is 18.5 Å². The van der Waals surface area contributed by atoms with Crippen molar-refractivity contribution in [3.63, 3.8) is 0 Å². The molecule has 0 fully saturated rings. The highest BCUT2D eigenvalue weighted by Crippen LogP contribution is 2.37. The van der Waals surface area contributed by atoms with E-state index in [2.05, 4.69) is 15.6 Å². The number of carbonyl (C=O) groups is 1. The van der Waals surface area contributed by atoms with Crippen LogP contribution in [0.5, 0.6) is 5.75 Å². The number of nitrogens with one attached hydrogen (secondary N) is 2. The number of para-hydroxylation sites is 1. The van der Waals surface area contributed by atoms with Crippen LogP contribution in [0.15, 0.2) is 90.1 Å². The van der Waals surface area contributed by atoms with Crippen LogP contribution >= 0.6 is 11.6 Å². The fraction of sp³-hybridized carbons (Fsp3) is 0.0800. The van der Waals surface area contributed by atoms with Crippen LogP contribution < -0.4 is 10.6 Å². The number of halogens is 1. The van der Waals surface area contributed by atoms with Gasteiger partial charge in [0, 0.05) is 22.0 Å². The summed E-state index contributed by atoms with van der Waals surface area (Å²) in [6, 6.07) is 22.7. The van der Waals surface area contributed by atoms with Gasteiger partial charge in [0.15, 0.2) is 5.82 Å². The zero-order chi connectivity index (χ0) is 22.9. The molecule has 2 heterocycles. The van der Waals surface area contributed by atoms with Crippen LogP contribution in [0.25, 0.3) is 11.4 Å². The molecule has 0 saturated heterocycles. The molecule has 5 rings (SSSR count). The number of phenols is 1. The minimum atomic E-state index is -0.542. The molecule has 1 amide bonds. The Morgan fingerprint density at radius 1 is 1.03 bits per heavy atom. The van der Waals surface area contributed by atoms with Crippen LogP contribution in [-0.2, 0) is 4.79 Å². The van der Waals surface area contributed by atoms with Crippen LogP contribution in [0, 0.1) is 0 Å². The highest BCUT2D eigenvalue weighted by Gasteiger charge is 2.34. The van der Waals surface area contributed by atoms with E-state index in [4.69, 9.17) is 16.7 Å². The maximum Gasteiger partial charge on any atom is 0.255 e. The Kier molecular flexibility index (Phi) is 5.32. The number of fused-ring (bicyclic) bond motifs is 1. The number of amides is 1. The Bertz CT molecular complexity index is 1350. The van der Waals surface area contributed by atoms with E-state index in [1.807, 2.05) is 49.4 Å². The molecule has 3 N–H and O–H groups in total. The molecule has 33 heavy (non-hydrogen) atoms. The molecule has 0 saturated carbocycles. The fourth-order valence-corrected chi connectivity index (χ4v) is 3.98. The molecular formula is C25H20ClN5O2. The SMILES string of the molecule is CC1=C(C(=O)Nc2ccccc2)C(c2ccc(O)cc2)n2nc(-c3ccc(Cl)cc3)nc2N1. The molecule has 1 aromatic heterocycles. The summed E-state index contributed by atoms with van der Waals surface area (Å²) in [5.41, 5.74) is 3.47. The molecule has 1 aliphatic heterocycles. The summed E-state index contributed by atoms with van der Waals surface area (Å²) in [7, 11) is 0. The number of aromatic nitrogens is 3. The lowest BCUT2D eigenvalue weighted by Crippen LogP contribution is -2.31. The minimum absolute atomic E-state index is 0.143. The maximum absolute atomic E-state index is 13.4. The lowest BCUT2D eigenvalue weighted by molar-refractivity contribution is -0.113. The van der Waals surface area contributed by atoms with E-state index in [0.717, 1.165) is 11.1 Å². The van der Waals surface area contributed by atoms with E-state index in [1.54, 1.807) is 41.1 Å². The molecule has 164 valence electrons. The second-order valence-electron chi connectivity index (χ2n) is 7.69. The number of anilines is 2. The summed E-state index contributed by atoms with van der Waals surface area (Å²) >= 11 is 6.03. The Morgan fingerprint density at radius 2 is 1.73 bits per heavy atom. The number of allylic oxidation sites excluding steroid dienone is 1. The Hall–Kier alpha value is -4.10. The molecule has 1 unspecified atom stereocenters. The second-order valence-corrected chi connectivity index (χ2v) is 8.12. The molecule has 8 heteroatoms. The number of benzene rings is 3. The van der Waals surface area contributed by atoms with E-state index in [-0.39, 0.29) is 11.7 Å². The predicted octanol–water partition coefficient (Wildman–Crippen LogP) is 5.23. The third-order valence-electron chi connectivity index (χ3n) is 5.44. The van der Waals surface area contributed by atoms with Gasteiger partial charge in [0.05, 0.1) is 5.57 Å². The summed E-state index contributed by atoms with van der Waals surface area (Å²) in [4.78, 5) is 18.1. The van der Waals surface area contributed by atoms with Crippen molar-refractivity contribution >= 4 is 29.1 Å². The number of aromatic hydroxyl groups is 1. The zero-order valence-corrected chi connectivity index (χ0v) is 18.4. The van der Waals surface area contributed by atoms with Crippen molar-refractivity contribution in [3.05, 3.63) is 101 Å². The van der Waals surface area contributed by atoms with E-state index in [1.165, 1.54) is 0 Å². The fourth-order valence-electron chi connectivity index (χ4n) is 3.85. The largest absolute Gasteiger partial charge is 0.508 e.